The van der Waals surface area contributed by atoms with Crippen LogP contribution < -0.4 is 11.5 Å². The number of nitriles is 2. The second-order valence-electron chi connectivity index (χ2n) is 4.50. The first kappa shape index (κ1) is 11.9. The summed E-state index contributed by atoms with van der Waals surface area (Å²) in [4.78, 5) is 21.9. The molecule has 6 heteroatoms. The Labute approximate surface area is 103 Å². The topological polar surface area (TPSA) is 134 Å². The van der Waals surface area contributed by atoms with E-state index in [0.717, 1.165) is 0 Å². The van der Waals surface area contributed by atoms with E-state index in [4.69, 9.17) is 11.5 Å². The van der Waals surface area contributed by atoms with Gasteiger partial charge in [0.1, 0.15) is 23.4 Å². The molecule has 0 aromatic rings. The highest BCUT2D eigenvalue weighted by atomic mass is 16.1. The van der Waals surface area contributed by atoms with Crippen LogP contribution in [0.4, 0.5) is 0 Å². The van der Waals surface area contributed by atoms with Crippen LogP contribution in [0, 0.1) is 33.5 Å². The van der Waals surface area contributed by atoms with Crippen LogP contribution in [0.1, 0.15) is 12.8 Å². The molecule has 0 aromatic heterocycles. The number of hydrogen-bond acceptors (Lipinski definition) is 6. The summed E-state index contributed by atoms with van der Waals surface area (Å²) in [5.74, 6) is 0. The van der Waals surface area contributed by atoms with Crippen molar-refractivity contribution in [3.05, 3.63) is 22.5 Å². The number of carbonyl (C=O) groups is 2. The molecule has 0 saturated carbocycles. The maximum Gasteiger partial charge on any atom is 0.147 e. The Balaban J connectivity index is 2.75. The van der Waals surface area contributed by atoms with Gasteiger partial charge in [-0.15, -0.1) is 0 Å². The second-order valence-corrected chi connectivity index (χ2v) is 4.50. The molecule has 0 heterocycles. The summed E-state index contributed by atoms with van der Waals surface area (Å²) in [6, 6.07) is 3.99. The summed E-state index contributed by atoms with van der Waals surface area (Å²) in [6.07, 6.45) is 1.05. The molecule has 0 spiro atoms. The standard InChI is InChI=1S/C12H10N4O2/c13-5-11-1-7(3-17)9(15)12(11,6-14)2-8(4-18)10(11)16/h3-4H,1-2,15-16H2/t11-,12-/m0/s1. The van der Waals surface area contributed by atoms with E-state index in [-0.39, 0.29) is 35.4 Å². The average molecular weight is 242 g/mol. The number of rotatable bonds is 2. The lowest BCUT2D eigenvalue weighted by Gasteiger charge is -2.31. The first-order chi connectivity index (χ1) is 8.52. The lowest BCUT2D eigenvalue weighted by atomic mass is 9.67. The fourth-order valence-electron chi connectivity index (χ4n) is 2.86. The molecule has 2 aliphatic carbocycles. The highest BCUT2D eigenvalue weighted by molar-refractivity contribution is 5.83. The van der Waals surface area contributed by atoms with E-state index >= 15 is 0 Å². The number of allylic oxidation sites excluding steroid dienone is 4. The first-order valence-corrected chi connectivity index (χ1v) is 5.24. The lowest BCUT2D eigenvalue weighted by molar-refractivity contribution is -0.105. The fraction of sp³-hybridized carbons (Fsp3) is 0.333. The largest absolute Gasteiger partial charge is 0.400 e. The van der Waals surface area contributed by atoms with Gasteiger partial charge in [-0.2, -0.15) is 10.5 Å². The molecule has 0 fully saturated rings. The van der Waals surface area contributed by atoms with Crippen molar-refractivity contribution < 1.29 is 9.59 Å². The lowest BCUT2D eigenvalue weighted by Crippen LogP contribution is -2.39. The average Bonchev–Trinajstić information content (AvgIpc) is 2.79. The van der Waals surface area contributed by atoms with Crippen molar-refractivity contribution in [2.45, 2.75) is 12.8 Å². The number of aldehydes is 2. The van der Waals surface area contributed by atoms with Gasteiger partial charge in [0, 0.05) is 35.4 Å². The van der Waals surface area contributed by atoms with E-state index in [2.05, 4.69) is 0 Å². The summed E-state index contributed by atoms with van der Waals surface area (Å²) in [7, 11) is 0. The molecule has 0 aliphatic heterocycles. The summed E-state index contributed by atoms with van der Waals surface area (Å²) >= 11 is 0. The third-order valence-corrected chi connectivity index (χ3v) is 3.92. The minimum atomic E-state index is -1.39. The fourth-order valence-corrected chi connectivity index (χ4v) is 2.86. The van der Waals surface area contributed by atoms with Crippen molar-refractivity contribution in [3.63, 3.8) is 0 Å². The van der Waals surface area contributed by atoms with Crippen molar-refractivity contribution in [1.82, 2.24) is 0 Å². The van der Waals surface area contributed by atoms with Gasteiger partial charge in [-0.25, -0.2) is 0 Å². The molecule has 0 bridgehead atoms. The highest BCUT2D eigenvalue weighted by Gasteiger charge is 2.65. The summed E-state index contributed by atoms with van der Waals surface area (Å²) in [6.45, 7) is 0. The molecule has 4 N–H and O–H groups in total. The van der Waals surface area contributed by atoms with Crippen molar-refractivity contribution in [3.8, 4) is 12.1 Å². The molecule has 0 amide bonds. The number of nitrogens with two attached hydrogens (primary N) is 2. The molecule has 0 saturated heterocycles. The predicted molar refractivity (Wildman–Crippen MR) is 59.9 cm³/mol. The molecular weight excluding hydrogens is 232 g/mol. The minimum absolute atomic E-state index is 0.0183. The van der Waals surface area contributed by atoms with Gasteiger partial charge in [-0.1, -0.05) is 0 Å². The van der Waals surface area contributed by atoms with Crippen molar-refractivity contribution in [2.24, 2.45) is 22.3 Å². The first-order valence-electron chi connectivity index (χ1n) is 5.24. The highest BCUT2D eigenvalue weighted by Crippen LogP contribution is 2.63. The monoisotopic (exact) mass is 242 g/mol. The molecular formula is C12H10N4O2. The van der Waals surface area contributed by atoms with Crippen LogP contribution in [-0.4, -0.2) is 12.6 Å². The molecule has 0 unspecified atom stereocenters. The Morgan fingerprint density at radius 1 is 0.944 bits per heavy atom. The smallest absolute Gasteiger partial charge is 0.147 e. The quantitative estimate of drug-likeness (QED) is 0.635. The molecule has 2 atom stereocenters. The van der Waals surface area contributed by atoms with Gasteiger partial charge < -0.3 is 11.5 Å². The van der Waals surface area contributed by atoms with Gasteiger partial charge in [0.25, 0.3) is 0 Å². The Hall–Kier alpha value is -2.60. The van der Waals surface area contributed by atoms with E-state index in [0.29, 0.717) is 12.6 Å². The van der Waals surface area contributed by atoms with Crippen LogP contribution in [0.15, 0.2) is 22.5 Å². The normalized spacial score (nSPS) is 33.9. The molecule has 0 aromatic carbocycles. The number of carbonyl (C=O) groups excluding carboxylic acids is 2. The minimum Gasteiger partial charge on any atom is -0.400 e. The van der Waals surface area contributed by atoms with E-state index in [1.807, 2.05) is 12.1 Å². The van der Waals surface area contributed by atoms with Crippen molar-refractivity contribution in [1.29, 1.82) is 10.5 Å². The SMILES string of the molecule is N#C[C@]12CC(C=O)=C(N)[C@@]1(C#N)CC(C=O)=C2N. The van der Waals surface area contributed by atoms with Crippen LogP contribution in [0.2, 0.25) is 0 Å². The Kier molecular flexibility index (Phi) is 2.27. The van der Waals surface area contributed by atoms with Gasteiger partial charge in [0.15, 0.2) is 0 Å². The van der Waals surface area contributed by atoms with Gasteiger partial charge >= 0.3 is 0 Å². The number of fused-ring (bicyclic) bond motifs is 1. The molecule has 0 radical (unpaired) electrons. The molecule has 6 nitrogen and oxygen atoms in total. The Bertz CT molecular complexity index is 551. The van der Waals surface area contributed by atoms with Crippen LogP contribution in [0.3, 0.4) is 0 Å². The summed E-state index contributed by atoms with van der Waals surface area (Å²) in [5, 5.41) is 18.8. The summed E-state index contributed by atoms with van der Waals surface area (Å²) in [5.41, 5.74) is 9.43. The molecule has 2 aliphatic rings. The van der Waals surface area contributed by atoms with E-state index < -0.39 is 10.8 Å². The molecule has 90 valence electrons. The van der Waals surface area contributed by atoms with Gasteiger partial charge in [-0.3, -0.25) is 9.59 Å². The van der Waals surface area contributed by atoms with Crippen LogP contribution in [0.5, 0.6) is 0 Å². The van der Waals surface area contributed by atoms with Crippen LogP contribution in [0.25, 0.3) is 0 Å². The Morgan fingerprint density at radius 3 is 1.50 bits per heavy atom. The van der Waals surface area contributed by atoms with Gasteiger partial charge in [0.05, 0.1) is 12.1 Å². The van der Waals surface area contributed by atoms with Crippen molar-refractivity contribution >= 4 is 12.6 Å². The maximum absolute atomic E-state index is 10.9. The zero-order chi connectivity index (χ0) is 13.6. The number of nitrogens with zero attached hydrogens (tertiary/aromatic N) is 2. The summed E-state index contributed by atoms with van der Waals surface area (Å²) < 4.78 is 0. The maximum atomic E-state index is 10.9. The van der Waals surface area contributed by atoms with E-state index in [1.54, 1.807) is 0 Å². The second kappa shape index (κ2) is 3.44. The van der Waals surface area contributed by atoms with Crippen molar-refractivity contribution in [2.75, 3.05) is 0 Å². The van der Waals surface area contributed by atoms with Gasteiger partial charge in [-0.05, 0) is 0 Å². The molecule has 2 rings (SSSR count). The van der Waals surface area contributed by atoms with Gasteiger partial charge in [0.2, 0.25) is 0 Å². The van der Waals surface area contributed by atoms with Crippen LogP contribution in [-0.2, 0) is 9.59 Å². The van der Waals surface area contributed by atoms with Crippen LogP contribution >= 0.6 is 0 Å². The number of hydrogen-bond donors (Lipinski definition) is 2. The van der Waals surface area contributed by atoms with E-state index in [1.165, 1.54) is 0 Å². The zero-order valence-corrected chi connectivity index (χ0v) is 9.43. The zero-order valence-electron chi connectivity index (χ0n) is 9.43. The predicted octanol–water partition coefficient (Wildman–Crippen LogP) is -0.363. The van der Waals surface area contributed by atoms with E-state index in [9.17, 15) is 20.1 Å². The molecule has 18 heavy (non-hydrogen) atoms. The Morgan fingerprint density at radius 2 is 1.28 bits per heavy atom. The third kappa shape index (κ3) is 0.957. The third-order valence-electron chi connectivity index (χ3n) is 3.92.